The molecule has 1 atom stereocenters. The molecule has 1 N–H and O–H groups in total. The first kappa shape index (κ1) is 17.9. The lowest BCUT2D eigenvalue weighted by atomic mass is 10.0. The molecule has 0 aromatic heterocycles. The summed E-state index contributed by atoms with van der Waals surface area (Å²) < 4.78 is 5.30. The zero-order chi connectivity index (χ0) is 16.8. The Morgan fingerprint density at radius 2 is 2.04 bits per heavy atom. The van der Waals surface area contributed by atoms with Gasteiger partial charge in [0.05, 0.1) is 25.7 Å². The molecule has 1 heterocycles. The summed E-state index contributed by atoms with van der Waals surface area (Å²) in [6, 6.07) is 6.16. The zero-order valence-electron chi connectivity index (χ0n) is 14.4. The smallest absolute Gasteiger partial charge is 0.226 e. The zero-order valence-corrected chi connectivity index (χ0v) is 14.4. The Balaban J connectivity index is 1.83. The maximum Gasteiger partial charge on any atom is 0.226 e. The van der Waals surface area contributed by atoms with E-state index >= 15 is 0 Å². The highest BCUT2D eigenvalue weighted by Crippen LogP contribution is 2.12. The SMILES string of the molecule is Cc1ccc(C)c(CC(=O)N(C)CC(O)CN2CCOCC2)c1. The van der Waals surface area contributed by atoms with Crippen molar-refractivity contribution >= 4 is 5.91 Å². The van der Waals surface area contributed by atoms with Gasteiger partial charge in [0.15, 0.2) is 0 Å². The van der Waals surface area contributed by atoms with Crippen molar-refractivity contribution in [2.24, 2.45) is 0 Å². The van der Waals surface area contributed by atoms with Crippen LogP contribution in [-0.4, -0.2) is 73.4 Å². The Bertz CT molecular complexity index is 527. The van der Waals surface area contributed by atoms with E-state index in [9.17, 15) is 9.90 Å². The van der Waals surface area contributed by atoms with E-state index in [4.69, 9.17) is 4.74 Å². The summed E-state index contributed by atoms with van der Waals surface area (Å²) >= 11 is 0. The number of β-amino-alcohol motifs (C(OH)–C–C–N with tert-alkyl or cyclic N) is 1. The van der Waals surface area contributed by atoms with E-state index in [1.54, 1.807) is 11.9 Å². The van der Waals surface area contributed by atoms with Crippen LogP contribution in [0.25, 0.3) is 0 Å². The van der Waals surface area contributed by atoms with Crippen molar-refractivity contribution in [1.82, 2.24) is 9.80 Å². The summed E-state index contributed by atoms with van der Waals surface area (Å²) in [6.45, 7) is 8.13. The molecule has 23 heavy (non-hydrogen) atoms. The molecule has 1 aliphatic rings. The number of amides is 1. The van der Waals surface area contributed by atoms with E-state index in [1.165, 1.54) is 0 Å². The van der Waals surface area contributed by atoms with Crippen LogP contribution < -0.4 is 0 Å². The number of ether oxygens (including phenoxy) is 1. The molecule has 0 saturated carbocycles. The van der Waals surface area contributed by atoms with Crippen molar-refractivity contribution in [2.45, 2.75) is 26.4 Å². The lowest BCUT2D eigenvalue weighted by Crippen LogP contribution is -2.45. The number of rotatable bonds is 6. The molecule has 1 amide bonds. The van der Waals surface area contributed by atoms with Gasteiger partial charge in [-0.05, 0) is 25.0 Å². The normalized spacial score (nSPS) is 17.0. The minimum absolute atomic E-state index is 0.0414. The van der Waals surface area contributed by atoms with Gasteiger partial charge in [-0.3, -0.25) is 9.69 Å². The van der Waals surface area contributed by atoms with Gasteiger partial charge in [0, 0.05) is 33.2 Å². The van der Waals surface area contributed by atoms with E-state index < -0.39 is 6.10 Å². The first-order valence-corrected chi connectivity index (χ1v) is 8.24. The van der Waals surface area contributed by atoms with E-state index in [1.807, 2.05) is 19.9 Å². The summed E-state index contributed by atoms with van der Waals surface area (Å²) in [5, 5.41) is 10.2. The number of likely N-dealkylation sites (N-methyl/N-ethyl adjacent to an activating group) is 1. The third-order valence-electron chi connectivity index (χ3n) is 4.33. The van der Waals surface area contributed by atoms with Gasteiger partial charge >= 0.3 is 0 Å². The molecule has 5 nitrogen and oxygen atoms in total. The highest BCUT2D eigenvalue weighted by atomic mass is 16.5. The van der Waals surface area contributed by atoms with Crippen LogP contribution in [0.15, 0.2) is 18.2 Å². The van der Waals surface area contributed by atoms with Crippen molar-refractivity contribution < 1.29 is 14.6 Å². The monoisotopic (exact) mass is 320 g/mol. The molecule has 128 valence electrons. The van der Waals surface area contributed by atoms with Gasteiger partial charge < -0.3 is 14.7 Å². The predicted octanol–water partition coefficient (Wildman–Crippen LogP) is 0.997. The number of aryl methyl sites for hydroxylation is 2. The van der Waals surface area contributed by atoms with Crippen LogP contribution >= 0.6 is 0 Å². The number of aliphatic hydroxyl groups excluding tert-OH is 1. The highest BCUT2D eigenvalue weighted by Gasteiger charge is 2.19. The maximum absolute atomic E-state index is 12.4. The van der Waals surface area contributed by atoms with E-state index in [0.29, 0.717) is 32.7 Å². The van der Waals surface area contributed by atoms with Crippen LogP contribution in [-0.2, 0) is 16.0 Å². The Morgan fingerprint density at radius 1 is 1.35 bits per heavy atom. The van der Waals surface area contributed by atoms with Crippen LogP contribution in [0.4, 0.5) is 0 Å². The molecule has 1 aliphatic heterocycles. The minimum atomic E-state index is -0.527. The van der Waals surface area contributed by atoms with Gasteiger partial charge in [0.25, 0.3) is 0 Å². The van der Waals surface area contributed by atoms with Crippen LogP contribution in [0.5, 0.6) is 0 Å². The number of benzene rings is 1. The lowest BCUT2D eigenvalue weighted by molar-refractivity contribution is -0.130. The summed E-state index contributed by atoms with van der Waals surface area (Å²) in [5.41, 5.74) is 3.35. The quantitative estimate of drug-likeness (QED) is 0.849. The first-order valence-electron chi connectivity index (χ1n) is 8.24. The Kier molecular flexibility index (Phi) is 6.57. The van der Waals surface area contributed by atoms with Gasteiger partial charge in [-0.25, -0.2) is 0 Å². The Labute approximate surface area is 138 Å². The molecule has 1 unspecified atom stereocenters. The van der Waals surface area contributed by atoms with Crippen molar-refractivity contribution in [3.8, 4) is 0 Å². The van der Waals surface area contributed by atoms with Gasteiger partial charge in [0.2, 0.25) is 5.91 Å². The van der Waals surface area contributed by atoms with Gasteiger partial charge in [-0.15, -0.1) is 0 Å². The molecule has 5 heteroatoms. The van der Waals surface area contributed by atoms with Gasteiger partial charge in [-0.1, -0.05) is 23.8 Å². The molecule has 1 saturated heterocycles. The number of nitrogens with zero attached hydrogens (tertiary/aromatic N) is 2. The number of carbonyl (C=O) groups excluding carboxylic acids is 1. The number of morpholine rings is 1. The van der Waals surface area contributed by atoms with E-state index in [0.717, 1.165) is 29.8 Å². The molecule has 2 rings (SSSR count). The Hall–Kier alpha value is -1.43. The fraction of sp³-hybridized carbons (Fsp3) is 0.611. The molecular weight excluding hydrogens is 292 g/mol. The average molecular weight is 320 g/mol. The van der Waals surface area contributed by atoms with Crippen LogP contribution in [0.2, 0.25) is 0 Å². The molecule has 1 aromatic rings. The maximum atomic E-state index is 12.4. The van der Waals surface area contributed by atoms with Crippen molar-refractivity contribution in [1.29, 1.82) is 0 Å². The second-order valence-electron chi connectivity index (χ2n) is 6.45. The standard InChI is InChI=1S/C18H28N2O3/c1-14-4-5-15(2)16(10-14)11-18(22)19(3)12-17(21)13-20-6-8-23-9-7-20/h4-5,10,17,21H,6-9,11-13H2,1-3H3. The molecule has 1 fully saturated rings. The fourth-order valence-electron chi connectivity index (χ4n) is 2.85. The molecule has 0 bridgehead atoms. The average Bonchev–Trinajstić information content (AvgIpc) is 2.51. The van der Waals surface area contributed by atoms with Gasteiger partial charge in [-0.2, -0.15) is 0 Å². The summed E-state index contributed by atoms with van der Waals surface area (Å²) in [7, 11) is 1.76. The van der Waals surface area contributed by atoms with Crippen molar-refractivity contribution in [2.75, 3.05) is 46.4 Å². The fourth-order valence-corrected chi connectivity index (χ4v) is 2.85. The van der Waals surface area contributed by atoms with Crippen molar-refractivity contribution in [3.63, 3.8) is 0 Å². The largest absolute Gasteiger partial charge is 0.390 e. The topological polar surface area (TPSA) is 53.0 Å². The first-order chi connectivity index (χ1) is 11.0. The van der Waals surface area contributed by atoms with Gasteiger partial charge in [0.1, 0.15) is 0 Å². The number of carbonyl (C=O) groups is 1. The number of hydrogen-bond acceptors (Lipinski definition) is 4. The van der Waals surface area contributed by atoms with Crippen LogP contribution in [0.1, 0.15) is 16.7 Å². The van der Waals surface area contributed by atoms with Crippen LogP contribution in [0.3, 0.4) is 0 Å². The molecular formula is C18H28N2O3. The summed E-state index contributed by atoms with van der Waals surface area (Å²) in [6.07, 6.45) is -0.144. The summed E-state index contributed by atoms with van der Waals surface area (Å²) in [4.78, 5) is 16.2. The minimum Gasteiger partial charge on any atom is -0.390 e. The lowest BCUT2D eigenvalue weighted by Gasteiger charge is -2.30. The third-order valence-corrected chi connectivity index (χ3v) is 4.33. The summed E-state index contributed by atoms with van der Waals surface area (Å²) in [5.74, 6) is 0.0414. The Morgan fingerprint density at radius 3 is 2.74 bits per heavy atom. The molecule has 0 radical (unpaired) electrons. The van der Waals surface area contributed by atoms with Crippen molar-refractivity contribution in [3.05, 3.63) is 34.9 Å². The second kappa shape index (κ2) is 8.43. The second-order valence-corrected chi connectivity index (χ2v) is 6.45. The molecule has 0 spiro atoms. The molecule has 0 aliphatic carbocycles. The number of aliphatic hydroxyl groups is 1. The number of hydrogen-bond donors (Lipinski definition) is 1. The van der Waals surface area contributed by atoms with E-state index in [-0.39, 0.29) is 5.91 Å². The third kappa shape index (κ3) is 5.61. The predicted molar refractivity (Wildman–Crippen MR) is 90.5 cm³/mol. The van der Waals surface area contributed by atoms with Crippen LogP contribution in [0, 0.1) is 13.8 Å². The van der Waals surface area contributed by atoms with E-state index in [2.05, 4.69) is 17.0 Å². The highest BCUT2D eigenvalue weighted by molar-refractivity contribution is 5.79. The molecule has 1 aromatic carbocycles.